The van der Waals surface area contributed by atoms with Crippen LogP contribution in [-0.4, -0.2) is 17.5 Å². The van der Waals surface area contributed by atoms with Gasteiger partial charge in [0.25, 0.3) is 0 Å². The van der Waals surface area contributed by atoms with Gasteiger partial charge in [0.1, 0.15) is 0 Å². The fourth-order valence-corrected chi connectivity index (χ4v) is 3.53. The molecule has 2 rings (SSSR count). The second-order valence-corrected chi connectivity index (χ2v) is 6.22. The lowest BCUT2D eigenvalue weighted by Gasteiger charge is -2.33. The van der Waals surface area contributed by atoms with Gasteiger partial charge >= 0.3 is 0 Å². The highest BCUT2D eigenvalue weighted by atomic mass is 79.9. The zero-order valence-corrected chi connectivity index (χ0v) is 12.7. The Morgan fingerprint density at radius 3 is 2.56 bits per heavy atom. The molecule has 88 valence electrons. The summed E-state index contributed by atoms with van der Waals surface area (Å²) in [7, 11) is 0. The predicted molar refractivity (Wildman–Crippen MR) is 75.6 cm³/mol. The first-order valence-electron chi connectivity index (χ1n) is 5.85. The van der Waals surface area contributed by atoms with Crippen molar-refractivity contribution in [3.8, 4) is 0 Å². The Kier molecular flexibility index (Phi) is 4.45. The van der Waals surface area contributed by atoms with Crippen molar-refractivity contribution in [3.63, 3.8) is 0 Å². The molecule has 1 unspecified atom stereocenters. The van der Waals surface area contributed by atoms with Crippen LogP contribution in [0.15, 0.2) is 27.1 Å². The fraction of sp³-hybridized carbons (Fsp3) is 0.538. The summed E-state index contributed by atoms with van der Waals surface area (Å²) in [5, 5.41) is 0. The molecule has 1 heterocycles. The third-order valence-electron chi connectivity index (χ3n) is 3.36. The first-order chi connectivity index (χ1) is 7.68. The van der Waals surface area contributed by atoms with Crippen molar-refractivity contribution in [2.24, 2.45) is 0 Å². The Hall–Kier alpha value is 0.140. The Bertz CT molecular complexity index is 345. The van der Waals surface area contributed by atoms with E-state index >= 15 is 0 Å². The normalized spacial score (nSPS) is 22.3. The predicted octanol–water partition coefficient (Wildman–Crippen LogP) is 4.59. The molecule has 1 atom stereocenters. The molecule has 1 aliphatic heterocycles. The minimum Gasteiger partial charge on any atom is -0.296 e. The topological polar surface area (TPSA) is 3.24 Å². The van der Waals surface area contributed by atoms with Gasteiger partial charge in [-0.05, 0) is 44.0 Å². The van der Waals surface area contributed by atoms with E-state index in [2.05, 4.69) is 61.9 Å². The first kappa shape index (κ1) is 12.6. The molecule has 1 aliphatic rings. The van der Waals surface area contributed by atoms with Crippen LogP contribution in [0, 0.1) is 0 Å². The lowest BCUT2D eigenvalue weighted by molar-refractivity contribution is 0.152. The highest BCUT2D eigenvalue weighted by Crippen LogP contribution is 2.28. The maximum atomic E-state index is 3.64. The summed E-state index contributed by atoms with van der Waals surface area (Å²) < 4.78 is 2.42. The van der Waals surface area contributed by atoms with E-state index in [0.29, 0.717) is 6.04 Å². The zero-order chi connectivity index (χ0) is 11.5. The number of rotatable bonds is 2. The van der Waals surface area contributed by atoms with Crippen molar-refractivity contribution in [2.75, 3.05) is 6.54 Å². The van der Waals surface area contributed by atoms with E-state index in [9.17, 15) is 0 Å². The Labute approximate surface area is 114 Å². The fourth-order valence-electron chi connectivity index (χ4n) is 2.28. The molecule has 0 spiro atoms. The van der Waals surface area contributed by atoms with Crippen LogP contribution in [0.2, 0.25) is 0 Å². The number of likely N-dealkylation sites (tertiary alicyclic amines) is 1. The quantitative estimate of drug-likeness (QED) is 0.757. The highest BCUT2D eigenvalue weighted by molar-refractivity contribution is 9.11. The summed E-state index contributed by atoms with van der Waals surface area (Å²) in [4.78, 5) is 2.58. The van der Waals surface area contributed by atoms with Gasteiger partial charge in [0.15, 0.2) is 0 Å². The second-order valence-electron chi connectivity index (χ2n) is 4.52. The lowest BCUT2D eigenvalue weighted by Crippen LogP contribution is -2.36. The van der Waals surface area contributed by atoms with Crippen molar-refractivity contribution >= 4 is 31.9 Å². The van der Waals surface area contributed by atoms with Gasteiger partial charge in [-0.15, -0.1) is 0 Å². The maximum Gasteiger partial charge on any atom is 0.0258 e. The van der Waals surface area contributed by atoms with Gasteiger partial charge in [-0.25, -0.2) is 0 Å². The Morgan fingerprint density at radius 2 is 1.94 bits per heavy atom. The number of benzene rings is 1. The van der Waals surface area contributed by atoms with Crippen LogP contribution in [0.5, 0.6) is 0 Å². The van der Waals surface area contributed by atoms with Gasteiger partial charge in [-0.3, -0.25) is 4.90 Å². The molecule has 0 bridgehead atoms. The van der Waals surface area contributed by atoms with E-state index in [0.717, 1.165) is 6.54 Å². The highest BCUT2D eigenvalue weighted by Gasteiger charge is 2.19. The summed E-state index contributed by atoms with van der Waals surface area (Å²) in [6, 6.07) is 7.02. The Balaban J connectivity index is 2.13. The monoisotopic (exact) mass is 345 g/mol. The third-order valence-corrected chi connectivity index (χ3v) is 4.85. The molecule has 1 aromatic rings. The number of hydrogen-bond acceptors (Lipinski definition) is 1. The molecule has 1 aromatic carbocycles. The summed E-state index contributed by atoms with van der Waals surface area (Å²) in [5.74, 6) is 0. The molecule has 0 saturated carbocycles. The summed E-state index contributed by atoms with van der Waals surface area (Å²) in [6.45, 7) is 4.61. The van der Waals surface area contributed by atoms with E-state index < -0.39 is 0 Å². The number of halogens is 2. The molecular weight excluding hydrogens is 330 g/mol. The van der Waals surface area contributed by atoms with Crippen LogP contribution in [0.4, 0.5) is 0 Å². The largest absolute Gasteiger partial charge is 0.296 e. The summed E-state index contributed by atoms with van der Waals surface area (Å²) in [5.41, 5.74) is 1.37. The smallest absolute Gasteiger partial charge is 0.0258 e. The van der Waals surface area contributed by atoms with Gasteiger partial charge in [0, 0.05) is 21.5 Å². The SMILES string of the molecule is CC1CCCCN1Cc1c(Br)cccc1Br. The third kappa shape index (κ3) is 2.88. The molecule has 1 fully saturated rings. The number of hydrogen-bond donors (Lipinski definition) is 0. The molecule has 1 nitrogen and oxygen atoms in total. The minimum absolute atomic E-state index is 0.716. The summed E-state index contributed by atoms with van der Waals surface area (Å²) in [6.07, 6.45) is 4.06. The molecule has 3 heteroatoms. The van der Waals surface area contributed by atoms with Gasteiger partial charge in [0.05, 0.1) is 0 Å². The van der Waals surface area contributed by atoms with Gasteiger partial charge in [0.2, 0.25) is 0 Å². The number of nitrogens with zero attached hydrogens (tertiary/aromatic N) is 1. The van der Waals surface area contributed by atoms with E-state index in [1.54, 1.807) is 0 Å². The Morgan fingerprint density at radius 1 is 1.25 bits per heavy atom. The lowest BCUT2D eigenvalue weighted by atomic mass is 10.0. The van der Waals surface area contributed by atoms with Crippen LogP contribution in [0.3, 0.4) is 0 Å². The van der Waals surface area contributed by atoms with Crippen LogP contribution < -0.4 is 0 Å². The minimum atomic E-state index is 0.716. The van der Waals surface area contributed by atoms with Crippen LogP contribution in [-0.2, 0) is 6.54 Å². The average Bonchev–Trinajstić information content (AvgIpc) is 2.26. The van der Waals surface area contributed by atoms with E-state index in [1.165, 1.54) is 40.3 Å². The van der Waals surface area contributed by atoms with Crippen LogP contribution in [0.25, 0.3) is 0 Å². The average molecular weight is 347 g/mol. The molecule has 0 aromatic heterocycles. The van der Waals surface area contributed by atoms with Crippen molar-refractivity contribution < 1.29 is 0 Å². The van der Waals surface area contributed by atoms with Crippen molar-refractivity contribution in [1.29, 1.82) is 0 Å². The van der Waals surface area contributed by atoms with Crippen molar-refractivity contribution in [2.45, 2.75) is 38.8 Å². The van der Waals surface area contributed by atoms with Crippen LogP contribution >= 0.6 is 31.9 Å². The van der Waals surface area contributed by atoms with Crippen molar-refractivity contribution in [1.82, 2.24) is 4.90 Å². The zero-order valence-electron chi connectivity index (χ0n) is 9.55. The molecule has 0 aliphatic carbocycles. The van der Waals surface area contributed by atoms with E-state index in [4.69, 9.17) is 0 Å². The molecule has 16 heavy (non-hydrogen) atoms. The van der Waals surface area contributed by atoms with Gasteiger partial charge in [-0.2, -0.15) is 0 Å². The molecule has 0 amide bonds. The first-order valence-corrected chi connectivity index (χ1v) is 7.44. The van der Waals surface area contributed by atoms with Crippen LogP contribution in [0.1, 0.15) is 31.7 Å². The van der Waals surface area contributed by atoms with Crippen molar-refractivity contribution in [3.05, 3.63) is 32.7 Å². The molecule has 1 saturated heterocycles. The van der Waals surface area contributed by atoms with Gasteiger partial charge in [-0.1, -0.05) is 44.3 Å². The molecule has 0 radical (unpaired) electrons. The van der Waals surface area contributed by atoms with Gasteiger partial charge < -0.3 is 0 Å². The second kappa shape index (κ2) is 5.65. The standard InChI is InChI=1S/C13H17Br2N/c1-10-5-2-3-8-16(10)9-11-12(14)6-4-7-13(11)15/h4,6-7,10H,2-3,5,8-9H2,1H3. The number of piperidine rings is 1. The molecular formula is C13H17Br2N. The molecule has 0 N–H and O–H groups in total. The van der Waals surface area contributed by atoms with E-state index in [-0.39, 0.29) is 0 Å². The summed E-state index contributed by atoms with van der Waals surface area (Å²) >= 11 is 7.27. The maximum absolute atomic E-state index is 3.64. The van der Waals surface area contributed by atoms with E-state index in [1.807, 2.05) is 0 Å².